The van der Waals surface area contributed by atoms with Gasteiger partial charge in [-0.1, -0.05) is 24.3 Å². The first-order chi connectivity index (χ1) is 15.5. The Hall–Kier alpha value is -4.13. The molecule has 1 aromatic heterocycles. The third-order valence-electron chi connectivity index (χ3n) is 5.06. The second kappa shape index (κ2) is 8.93. The first-order valence-electron chi connectivity index (χ1n) is 10.2. The molecule has 0 aliphatic rings. The number of nitrogens with one attached hydrogen (secondary N) is 1. The fraction of sp³-hybridized carbons (Fsp3) is 0.160. The third-order valence-corrected chi connectivity index (χ3v) is 5.06. The number of hydrogen-bond donors (Lipinski definition) is 1. The van der Waals surface area contributed by atoms with Crippen molar-refractivity contribution in [3.8, 4) is 11.4 Å². The Bertz CT molecular complexity index is 1280. The number of benzene rings is 3. The maximum absolute atomic E-state index is 12.7. The predicted octanol–water partition coefficient (Wildman–Crippen LogP) is 4.53. The minimum Gasteiger partial charge on any atom is -0.497 e. The van der Waals surface area contributed by atoms with Crippen LogP contribution in [0.5, 0.6) is 5.75 Å². The molecule has 1 unspecified atom stereocenters. The van der Waals surface area contributed by atoms with E-state index in [1.165, 1.54) is 6.92 Å². The molecule has 1 heterocycles. The molecular weight excluding hydrogens is 406 g/mol. The van der Waals surface area contributed by atoms with Gasteiger partial charge in [-0.2, -0.15) is 0 Å². The number of anilines is 1. The summed E-state index contributed by atoms with van der Waals surface area (Å²) in [5.74, 6) is 0.401. The lowest BCUT2D eigenvalue weighted by Crippen LogP contribution is -2.30. The zero-order chi connectivity index (χ0) is 22.7. The molecule has 1 amide bonds. The Morgan fingerprint density at radius 3 is 2.53 bits per heavy atom. The van der Waals surface area contributed by atoms with E-state index in [2.05, 4.69) is 10.3 Å². The number of carbonyl (C=O) groups is 2. The Morgan fingerprint density at radius 1 is 1.00 bits per heavy atom. The minimum absolute atomic E-state index is 0.330. The monoisotopic (exact) mass is 429 g/mol. The van der Waals surface area contributed by atoms with Crippen molar-refractivity contribution in [3.05, 3.63) is 84.2 Å². The van der Waals surface area contributed by atoms with Crippen LogP contribution in [0.2, 0.25) is 0 Å². The van der Waals surface area contributed by atoms with Crippen molar-refractivity contribution < 1.29 is 19.1 Å². The smallest absolute Gasteiger partial charge is 0.338 e. The van der Waals surface area contributed by atoms with Gasteiger partial charge in [0, 0.05) is 17.4 Å². The van der Waals surface area contributed by atoms with Crippen molar-refractivity contribution in [2.75, 3.05) is 12.4 Å². The van der Waals surface area contributed by atoms with E-state index < -0.39 is 18.0 Å². The van der Waals surface area contributed by atoms with Crippen LogP contribution in [0.3, 0.4) is 0 Å². The molecule has 4 aromatic rings. The number of para-hydroxylation sites is 1. The van der Waals surface area contributed by atoms with E-state index in [4.69, 9.17) is 9.47 Å². The Balaban J connectivity index is 1.49. The van der Waals surface area contributed by atoms with E-state index in [9.17, 15) is 9.59 Å². The van der Waals surface area contributed by atoms with E-state index in [1.807, 2.05) is 47.9 Å². The van der Waals surface area contributed by atoms with E-state index >= 15 is 0 Å². The van der Waals surface area contributed by atoms with Crippen LogP contribution < -0.4 is 10.1 Å². The summed E-state index contributed by atoms with van der Waals surface area (Å²) in [5.41, 5.74) is 3.44. The molecule has 162 valence electrons. The van der Waals surface area contributed by atoms with Gasteiger partial charge in [0.1, 0.15) is 11.6 Å². The molecule has 1 atom stereocenters. The number of esters is 1. The van der Waals surface area contributed by atoms with Crippen molar-refractivity contribution in [2.24, 2.45) is 0 Å². The number of nitrogens with zero attached hydrogens (tertiary/aromatic N) is 2. The van der Waals surface area contributed by atoms with Gasteiger partial charge in [-0.05, 0) is 56.3 Å². The Kier molecular flexibility index (Phi) is 5.89. The Labute approximate surface area is 185 Å². The maximum Gasteiger partial charge on any atom is 0.338 e. The Morgan fingerprint density at radius 2 is 1.78 bits per heavy atom. The molecule has 0 fully saturated rings. The predicted molar refractivity (Wildman–Crippen MR) is 122 cm³/mol. The maximum atomic E-state index is 12.7. The number of aromatic nitrogens is 2. The van der Waals surface area contributed by atoms with E-state index in [1.54, 1.807) is 43.5 Å². The van der Waals surface area contributed by atoms with E-state index in [-0.39, 0.29) is 0 Å². The number of ether oxygens (including phenoxy) is 2. The second-order valence-electron chi connectivity index (χ2n) is 7.30. The molecule has 0 bridgehead atoms. The van der Waals surface area contributed by atoms with Crippen LogP contribution in [0.15, 0.2) is 72.8 Å². The lowest BCUT2D eigenvalue weighted by molar-refractivity contribution is -0.123. The summed E-state index contributed by atoms with van der Waals surface area (Å²) in [4.78, 5) is 29.7. The molecular formula is C25H23N3O4. The van der Waals surface area contributed by atoms with Crippen LogP contribution in [0.1, 0.15) is 23.1 Å². The average Bonchev–Trinajstić information content (AvgIpc) is 3.14. The molecule has 0 saturated carbocycles. The topological polar surface area (TPSA) is 82.4 Å². The van der Waals surface area contributed by atoms with Crippen molar-refractivity contribution in [1.82, 2.24) is 9.55 Å². The first-order valence-corrected chi connectivity index (χ1v) is 10.2. The summed E-state index contributed by atoms with van der Waals surface area (Å²) in [5, 5.41) is 2.72. The van der Waals surface area contributed by atoms with Gasteiger partial charge in [-0.25, -0.2) is 9.78 Å². The van der Waals surface area contributed by atoms with Crippen molar-refractivity contribution in [2.45, 2.75) is 20.0 Å². The van der Waals surface area contributed by atoms with Crippen LogP contribution >= 0.6 is 0 Å². The summed E-state index contributed by atoms with van der Waals surface area (Å²) >= 11 is 0. The highest BCUT2D eigenvalue weighted by molar-refractivity contribution is 5.98. The van der Waals surface area contributed by atoms with Gasteiger partial charge in [-0.15, -0.1) is 0 Å². The number of carbonyl (C=O) groups excluding carboxylic acids is 2. The number of imidazole rings is 1. The fourth-order valence-electron chi connectivity index (χ4n) is 3.46. The summed E-state index contributed by atoms with van der Waals surface area (Å²) in [6.07, 6.45) is -0.979. The third kappa shape index (κ3) is 4.32. The average molecular weight is 429 g/mol. The van der Waals surface area contributed by atoms with Crippen LogP contribution in [-0.2, 0) is 9.53 Å². The molecule has 0 saturated heterocycles. The van der Waals surface area contributed by atoms with E-state index in [0.717, 1.165) is 17.0 Å². The normalized spacial score (nSPS) is 11.7. The zero-order valence-electron chi connectivity index (χ0n) is 18.0. The molecule has 3 aromatic carbocycles. The van der Waals surface area contributed by atoms with Gasteiger partial charge in [0.15, 0.2) is 6.10 Å². The highest BCUT2D eigenvalue weighted by Gasteiger charge is 2.20. The van der Waals surface area contributed by atoms with E-state index in [0.29, 0.717) is 22.5 Å². The number of aryl methyl sites for hydroxylation is 1. The standard InChI is InChI=1S/C25H23N3O4/c1-16(24(29)27-19-8-7-11-21(15-19)31-3)32-25(30)18-12-13-23-22(14-18)26-17(2)28(23)20-9-5-4-6-10-20/h4-16H,1-3H3,(H,27,29). The molecule has 0 aliphatic heterocycles. The fourth-order valence-corrected chi connectivity index (χ4v) is 3.46. The largest absolute Gasteiger partial charge is 0.497 e. The number of hydrogen-bond acceptors (Lipinski definition) is 5. The van der Waals surface area contributed by atoms with Gasteiger partial charge < -0.3 is 14.8 Å². The minimum atomic E-state index is -0.979. The van der Waals surface area contributed by atoms with Gasteiger partial charge in [0.25, 0.3) is 5.91 Å². The number of methoxy groups -OCH3 is 1. The van der Waals surface area contributed by atoms with Crippen molar-refractivity contribution in [1.29, 1.82) is 0 Å². The molecule has 7 heteroatoms. The first kappa shape index (κ1) is 21.1. The summed E-state index contributed by atoms with van der Waals surface area (Å²) in [6, 6.07) is 22.0. The lowest BCUT2D eigenvalue weighted by atomic mass is 10.2. The molecule has 7 nitrogen and oxygen atoms in total. The lowest BCUT2D eigenvalue weighted by Gasteiger charge is -2.14. The summed E-state index contributed by atoms with van der Waals surface area (Å²) in [6.45, 7) is 3.44. The molecule has 1 N–H and O–H groups in total. The van der Waals surface area contributed by atoms with Crippen molar-refractivity contribution >= 4 is 28.6 Å². The van der Waals surface area contributed by atoms with Crippen LogP contribution in [-0.4, -0.2) is 34.6 Å². The van der Waals surface area contributed by atoms with Crippen LogP contribution in [0.4, 0.5) is 5.69 Å². The van der Waals surface area contributed by atoms with Gasteiger partial charge in [0.2, 0.25) is 0 Å². The molecule has 0 spiro atoms. The molecule has 0 radical (unpaired) electrons. The molecule has 4 rings (SSSR count). The SMILES string of the molecule is COc1cccc(NC(=O)C(C)OC(=O)c2ccc3c(c2)nc(C)n3-c2ccccc2)c1. The summed E-state index contributed by atoms with van der Waals surface area (Å²) in [7, 11) is 1.55. The van der Waals surface area contributed by atoms with Crippen LogP contribution in [0.25, 0.3) is 16.7 Å². The van der Waals surface area contributed by atoms with Crippen LogP contribution in [0, 0.1) is 6.92 Å². The zero-order valence-corrected chi connectivity index (χ0v) is 18.0. The summed E-state index contributed by atoms with van der Waals surface area (Å²) < 4.78 is 12.6. The quantitative estimate of drug-likeness (QED) is 0.456. The number of amides is 1. The van der Waals surface area contributed by atoms with Gasteiger partial charge in [0.05, 0.1) is 23.7 Å². The number of rotatable bonds is 6. The van der Waals surface area contributed by atoms with Crippen molar-refractivity contribution in [3.63, 3.8) is 0 Å². The number of fused-ring (bicyclic) bond motifs is 1. The van der Waals surface area contributed by atoms with Gasteiger partial charge in [-0.3, -0.25) is 9.36 Å². The van der Waals surface area contributed by atoms with Gasteiger partial charge >= 0.3 is 5.97 Å². The second-order valence-corrected chi connectivity index (χ2v) is 7.30. The highest BCUT2D eigenvalue weighted by Crippen LogP contribution is 2.23. The molecule has 0 aliphatic carbocycles. The highest BCUT2D eigenvalue weighted by atomic mass is 16.5. The molecule has 32 heavy (non-hydrogen) atoms.